The topological polar surface area (TPSA) is 48.4 Å². The molecular formula is C14H17NO3. The van der Waals surface area contributed by atoms with Gasteiger partial charge >= 0.3 is 0 Å². The first-order valence-corrected chi connectivity index (χ1v) is 6.52. The van der Waals surface area contributed by atoms with Gasteiger partial charge in [-0.25, -0.2) is 4.98 Å². The Kier molecular flexibility index (Phi) is 3.04. The second kappa shape index (κ2) is 4.69. The number of hydrogen-bond acceptors (Lipinski definition) is 4. The number of ether oxygens (including phenoxy) is 2. The smallest absolute Gasteiger partial charge is 0.168 e. The van der Waals surface area contributed by atoms with Gasteiger partial charge in [-0.2, -0.15) is 0 Å². The number of aldehydes is 1. The van der Waals surface area contributed by atoms with E-state index in [1.807, 2.05) is 0 Å². The highest BCUT2D eigenvalue weighted by molar-refractivity contribution is 5.71. The van der Waals surface area contributed by atoms with E-state index >= 15 is 0 Å². The molecule has 1 saturated carbocycles. The lowest BCUT2D eigenvalue weighted by atomic mass is 9.74. The Balaban J connectivity index is 1.62. The molecule has 4 nitrogen and oxygen atoms in total. The fourth-order valence-electron chi connectivity index (χ4n) is 2.73. The van der Waals surface area contributed by atoms with Gasteiger partial charge in [0.15, 0.2) is 6.29 Å². The second-order valence-electron chi connectivity index (χ2n) is 5.15. The third-order valence-corrected chi connectivity index (χ3v) is 3.90. The van der Waals surface area contributed by atoms with Crippen molar-refractivity contribution in [2.75, 3.05) is 6.61 Å². The van der Waals surface area contributed by atoms with E-state index in [-0.39, 0.29) is 11.7 Å². The van der Waals surface area contributed by atoms with Gasteiger partial charge in [0.05, 0.1) is 18.4 Å². The van der Waals surface area contributed by atoms with Crippen molar-refractivity contribution in [3.05, 3.63) is 24.0 Å². The van der Waals surface area contributed by atoms with Crippen LogP contribution in [0.15, 0.2) is 18.3 Å². The van der Waals surface area contributed by atoms with Crippen LogP contribution in [0.1, 0.15) is 42.6 Å². The first kappa shape index (κ1) is 11.7. The average Bonchev–Trinajstić information content (AvgIpc) is 2.38. The van der Waals surface area contributed by atoms with Crippen molar-refractivity contribution in [2.45, 2.75) is 43.8 Å². The summed E-state index contributed by atoms with van der Waals surface area (Å²) < 4.78 is 11.8. The predicted octanol–water partition coefficient (Wildman–Crippen LogP) is 2.37. The summed E-state index contributed by atoms with van der Waals surface area (Å²) in [4.78, 5) is 14.5. The Labute approximate surface area is 106 Å². The largest absolute Gasteiger partial charge is 0.489 e. The van der Waals surface area contributed by atoms with Gasteiger partial charge in [-0.3, -0.25) is 4.79 Å². The van der Waals surface area contributed by atoms with Crippen molar-refractivity contribution in [3.63, 3.8) is 0 Å². The summed E-state index contributed by atoms with van der Waals surface area (Å²) >= 11 is 0. The molecule has 0 radical (unpaired) electrons. The van der Waals surface area contributed by atoms with E-state index in [1.165, 1.54) is 6.42 Å². The molecule has 0 amide bonds. The van der Waals surface area contributed by atoms with Crippen molar-refractivity contribution < 1.29 is 14.3 Å². The molecular weight excluding hydrogens is 230 g/mol. The van der Waals surface area contributed by atoms with Gasteiger partial charge in [-0.15, -0.1) is 0 Å². The van der Waals surface area contributed by atoms with Crippen molar-refractivity contribution in [1.82, 2.24) is 4.98 Å². The molecule has 0 N–H and O–H groups in total. The first-order chi connectivity index (χ1) is 8.80. The third-order valence-electron chi connectivity index (χ3n) is 3.90. The van der Waals surface area contributed by atoms with Crippen LogP contribution in [0.25, 0.3) is 0 Å². The Morgan fingerprint density at radius 1 is 1.44 bits per heavy atom. The Hall–Kier alpha value is -1.42. The molecule has 1 aromatic heterocycles. The fourth-order valence-corrected chi connectivity index (χ4v) is 2.73. The van der Waals surface area contributed by atoms with Crippen LogP contribution in [-0.2, 0) is 4.74 Å². The lowest BCUT2D eigenvalue weighted by Crippen LogP contribution is -2.48. The van der Waals surface area contributed by atoms with Gasteiger partial charge in [0.25, 0.3) is 0 Å². The molecule has 4 heteroatoms. The molecule has 1 unspecified atom stereocenters. The van der Waals surface area contributed by atoms with E-state index < -0.39 is 0 Å². The molecule has 2 heterocycles. The number of pyridine rings is 1. The minimum atomic E-state index is 0.0963. The molecule has 1 saturated heterocycles. The Morgan fingerprint density at radius 2 is 2.33 bits per heavy atom. The van der Waals surface area contributed by atoms with E-state index in [9.17, 15) is 4.79 Å². The Morgan fingerprint density at radius 3 is 2.94 bits per heavy atom. The zero-order chi connectivity index (χ0) is 12.4. The van der Waals surface area contributed by atoms with Gasteiger partial charge in [-0.1, -0.05) is 0 Å². The summed E-state index contributed by atoms with van der Waals surface area (Å²) in [5.74, 6) is 0.738. The maximum atomic E-state index is 10.5. The van der Waals surface area contributed by atoms with Crippen molar-refractivity contribution >= 4 is 6.29 Å². The molecule has 1 aliphatic heterocycles. The van der Waals surface area contributed by atoms with E-state index in [0.717, 1.165) is 44.3 Å². The number of nitrogens with zero attached hydrogens (tertiary/aromatic N) is 1. The Bertz CT molecular complexity index is 425. The van der Waals surface area contributed by atoms with Crippen molar-refractivity contribution in [1.29, 1.82) is 0 Å². The lowest BCUT2D eigenvalue weighted by Gasteiger charge is -2.46. The van der Waals surface area contributed by atoms with Crippen LogP contribution in [0.3, 0.4) is 0 Å². The zero-order valence-electron chi connectivity index (χ0n) is 10.3. The quantitative estimate of drug-likeness (QED) is 0.769. The molecule has 3 rings (SSSR count). The zero-order valence-corrected chi connectivity index (χ0v) is 10.3. The van der Waals surface area contributed by atoms with Gasteiger partial charge in [0.2, 0.25) is 0 Å². The van der Waals surface area contributed by atoms with Gasteiger partial charge in [0.1, 0.15) is 17.5 Å². The summed E-state index contributed by atoms with van der Waals surface area (Å²) in [5, 5.41) is 0. The van der Waals surface area contributed by atoms with E-state index in [4.69, 9.17) is 9.47 Å². The molecule has 0 aromatic carbocycles. The molecule has 0 bridgehead atoms. The van der Waals surface area contributed by atoms with Gasteiger partial charge in [0, 0.05) is 12.8 Å². The number of rotatable bonds is 3. The first-order valence-electron chi connectivity index (χ1n) is 6.52. The lowest BCUT2D eigenvalue weighted by molar-refractivity contribution is -0.153. The normalized spacial score (nSPS) is 25.4. The summed E-state index contributed by atoms with van der Waals surface area (Å²) in [6, 6.07) is 3.49. The molecule has 96 valence electrons. The van der Waals surface area contributed by atoms with Crippen LogP contribution in [0, 0.1) is 0 Å². The molecule has 2 fully saturated rings. The highest BCUT2D eigenvalue weighted by atomic mass is 16.5. The summed E-state index contributed by atoms with van der Waals surface area (Å²) in [6.07, 6.45) is 8.06. The minimum Gasteiger partial charge on any atom is -0.489 e. The minimum absolute atomic E-state index is 0.0963. The molecule has 1 spiro atoms. The van der Waals surface area contributed by atoms with Crippen LogP contribution < -0.4 is 4.74 Å². The van der Waals surface area contributed by atoms with E-state index in [2.05, 4.69) is 4.98 Å². The summed E-state index contributed by atoms with van der Waals surface area (Å²) in [7, 11) is 0. The van der Waals surface area contributed by atoms with Crippen LogP contribution in [0.5, 0.6) is 5.75 Å². The monoisotopic (exact) mass is 247 g/mol. The van der Waals surface area contributed by atoms with E-state index in [1.54, 1.807) is 18.3 Å². The average molecular weight is 247 g/mol. The molecule has 1 aromatic rings. The van der Waals surface area contributed by atoms with Crippen LogP contribution in [-0.4, -0.2) is 29.6 Å². The van der Waals surface area contributed by atoms with Crippen LogP contribution >= 0.6 is 0 Å². The summed E-state index contributed by atoms with van der Waals surface area (Å²) in [5.41, 5.74) is 0.531. The van der Waals surface area contributed by atoms with Crippen LogP contribution in [0.4, 0.5) is 0 Å². The van der Waals surface area contributed by atoms with Crippen molar-refractivity contribution in [2.24, 2.45) is 0 Å². The van der Waals surface area contributed by atoms with Gasteiger partial charge < -0.3 is 9.47 Å². The van der Waals surface area contributed by atoms with Gasteiger partial charge in [-0.05, 0) is 31.4 Å². The summed E-state index contributed by atoms with van der Waals surface area (Å²) in [6.45, 7) is 0.782. The predicted molar refractivity (Wildman–Crippen MR) is 65.8 cm³/mol. The number of carbonyl (C=O) groups excluding carboxylic acids is 1. The van der Waals surface area contributed by atoms with E-state index in [0.29, 0.717) is 5.69 Å². The number of aromatic nitrogens is 1. The third kappa shape index (κ3) is 2.25. The molecule has 2 aliphatic rings. The maximum absolute atomic E-state index is 10.5. The second-order valence-corrected chi connectivity index (χ2v) is 5.15. The highest BCUT2D eigenvalue weighted by Crippen LogP contribution is 2.43. The van der Waals surface area contributed by atoms with Crippen LogP contribution in [0.2, 0.25) is 0 Å². The van der Waals surface area contributed by atoms with Crippen molar-refractivity contribution in [3.8, 4) is 5.75 Å². The SMILES string of the molecule is O=Cc1ccc(OC2CCOC3(CCC3)C2)cn1. The fraction of sp³-hybridized carbons (Fsp3) is 0.571. The standard InChI is InChI=1S/C14H17NO3/c16-10-11-2-3-13(9-15-11)18-12-4-7-17-14(8-12)5-1-6-14/h2-3,9-10,12H,1,4-8H2. The molecule has 1 aliphatic carbocycles. The number of carbonyl (C=O) groups is 1. The number of hydrogen-bond donors (Lipinski definition) is 0. The maximum Gasteiger partial charge on any atom is 0.168 e. The highest BCUT2D eigenvalue weighted by Gasteiger charge is 2.43. The molecule has 18 heavy (non-hydrogen) atoms. The molecule has 1 atom stereocenters.